The number of methoxy groups -OCH3 is 2. The van der Waals surface area contributed by atoms with Gasteiger partial charge in [-0.3, -0.25) is 38.4 Å². The number of benzene rings is 3. The molecule has 5 aromatic heterocycles. The van der Waals surface area contributed by atoms with Crippen molar-refractivity contribution in [1.82, 2.24) is 42.5 Å². The number of aromatic hydroxyl groups is 3. The number of amides is 8. The van der Waals surface area contributed by atoms with E-state index in [0.29, 0.717) is 51.5 Å². The Balaban J connectivity index is 0.000000244. The summed E-state index contributed by atoms with van der Waals surface area (Å²) in [5.74, 6) is -5.92. The molecule has 0 aliphatic carbocycles. The van der Waals surface area contributed by atoms with Crippen LogP contribution in [0.15, 0.2) is 126 Å². The summed E-state index contributed by atoms with van der Waals surface area (Å²) in [5.41, 5.74) is 8.30. The highest BCUT2D eigenvalue weighted by Crippen LogP contribution is 2.36. The van der Waals surface area contributed by atoms with Gasteiger partial charge in [-0.1, -0.05) is 111 Å². The lowest BCUT2D eigenvalue weighted by molar-refractivity contribution is -0.143. The molecular formula is C72H83N9O17S5. The summed E-state index contributed by atoms with van der Waals surface area (Å²) in [6.07, 6.45) is 0. The number of aliphatic carboxylic acids is 1. The van der Waals surface area contributed by atoms with Crippen LogP contribution in [0.2, 0.25) is 0 Å². The molecule has 0 aliphatic heterocycles. The van der Waals surface area contributed by atoms with Crippen molar-refractivity contribution in [3.05, 3.63) is 198 Å². The smallest absolute Gasteiger partial charge is 0.330 e. The van der Waals surface area contributed by atoms with Gasteiger partial charge in [-0.05, 0) is 127 Å². The van der Waals surface area contributed by atoms with Crippen LogP contribution >= 0.6 is 56.7 Å². The summed E-state index contributed by atoms with van der Waals surface area (Å²) in [4.78, 5) is 141. The quantitative estimate of drug-likeness (QED) is 0.0238. The van der Waals surface area contributed by atoms with Crippen LogP contribution in [0.25, 0.3) is 0 Å². The first-order valence-electron chi connectivity index (χ1n) is 31.8. The molecule has 548 valence electrons. The standard InChI is InChI=1S/C26H29N3O6S2.C25H27N3O6S2.C21H27N3O5S/c1-26(2,3)17-12-20(23(32)27-13-15-7-5-8-16(30)11-15)37-21(17)24(33)29-18(25(34)35-4)14-28-22(31)19-9-6-10-36-19;1-25(2,3)16-11-19(22(31)26-12-14-6-4-7-15(29)10-14)36-20(16)23(32)28-17(24(33)34)13-27-21(30)18-8-5-9-35-18;1-21(2,3)14-9-16(18(26)23-11-12-6-5-7-13(25)8-12)30-17(14)19(27)24-15(10-22)20(28)29-4/h5-12,18,30H,13-14H2,1-4H3,(H,27,32)(H,28,31)(H,29,33);4-11,17,29H,12-13H2,1-3H3,(H,26,31)(H,27,30)(H,28,32)(H,33,34);5-9,15,25H,10-11,22H2,1-4H3,(H,23,26)(H,24,27)/t18-;17-;15-/m000/s1. The predicted octanol–water partition coefficient (Wildman–Crippen LogP) is 8.71. The van der Waals surface area contributed by atoms with Gasteiger partial charge in [0.25, 0.3) is 47.3 Å². The van der Waals surface area contributed by atoms with Crippen LogP contribution in [0.5, 0.6) is 17.2 Å². The molecule has 0 radical (unpaired) electrons. The number of carbonyl (C=O) groups is 11. The number of carboxylic acids is 1. The third kappa shape index (κ3) is 24.2. The number of hydrogen-bond acceptors (Lipinski definition) is 22. The molecule has 103 heavy (non-hydrogen) atoms. The van der Waals surface area contributed by atoms with Crippen molar-refractivity contribution in [2.75, 3.05) is 33.9 Å². The third-order valence-corrected chi connectivity index (χ3v) is 20.0. The van der Waals surface area contributed by atoms with E-state index < -0.39 is 81.8 Å². The Kier molecular flexibility index (Phi) is 29.4. The molecule has 0 unspecified atom stereocenters. The Morgan fingerprint density at radius 1 is 0.398 bits per heavy atom. The molecule has 8 rings (SSSR count). The Labute approximate surface area is 614 Å². The molecule has 0 saturated carbocycles. The third-order valence-electron chi connectivity index (χ3n) is 14.8. The highest BCUT2D eigenvalue weighted by atomic mass is 32.1. The second-order valence-corrected chi connectivity index (χ2v) is 31.0. The van der Waals surface area contributed by atoms with Crippen molar-refractivity contribution in [3.63, 3.8) is 0 Å². The van der Waals surface area contributed by atoms with Gasteiger partial charge >= 0.3 is 17.9 Å². The molecule has 8 amide bonds. The molecular weight excluding hydrogens is 1420 g/mol. The highest BCUT2D eigenvalue weighted by Gasteiger charge is 2.34. The van der Waals surface area contributed by atoms with Crippen molar-refractivity contribution in [2.24, 2.45) is 5.73 Å². The number of ether oxygens (including phenoxy) is 2. The maximum Gasteiger partial charge on any atom is 0.330 e. The summed E-state index contributed by atoms with van der Waals surface area (Å²) < 4.78 is 9.47. The normalized spacial score (nSPS) is 12.0. The SMILES string of the molecule is CC(C)(C)c1cc(C(=O)NCc2cccc(O)c2)sc1C(=O)N[C@@H](CNC(=O)c1cccs1)C(=O)O.COC(=O)[C@H](CN)NC(=O)c1sc(C(=O)NCc2cccc(O)c2)cc1C(C)(C)C.COC(=O)[C@H](CNC(=O)c1cccs1)NC(=O)c1sc(C(=O)NCc2cccc(O)c2)cc1C(C)(C)C. The van der Waals surface area contributed by atoms with E-state index in [9.17, 15) is 73.2 Å². The average Bonchev–Trinajstić information content (AvgIpc) is 1.67. The maximum atomic E-state index is 13.3. The van der Waals surface area contributed by atoms with Gasteiger partial charge in [-0.25, -0.2) is 14.4 Å². The van der Waals surface area contributed by atoms with Gasteiger partial charge in [0.15, 0.2) is 0 Å². The van der Waals surface area contributed by atoms with Crippen LogP contribution in [-0.2, 0) is 59.7 Å². The first-order chi connectivity index (χ1) is 48.5. The lowest BCUT2D eigenvalue weighted by atomic mass is 9.87. The minimum atomic E-state index is -1.36. The number of hydrogen-bond donors (Lipinski definition) is 13. The lowest BCUT2D eigenvalue weighted by Crippen LogP contribution is -2.49. The monoisotopic (exact) mass is 1510 g/mol. The molecule has 0 fully saturated rings. The number of nitrogens with two attached hydrogens (primary N) is 1. The molecule has 0 saturated heterocycles. The number of carboxylic acid groups (broad SMARTS) is 1. The van der Waals surface area contributed by atoms with Crippen molar-refractivity contribution in [3.8, 4) is 17.2 Å². The van der Waals surface area contributed by atoms with Gasteiger partial charge in [0.05, 0.1) is 53.2 Å². The molecule has 0 spiro atoms. The molecule has 0 aliphatic rings. The van der Waals surface area contributed by atoms with Crippen LogP contribution in [-0.4, -0.2) is 138 Å². The molecule has 8 aromatic rings. The van der Waals surface area contributed by atoms with Gasteiger partial charge < -0.3 is 78.2 Å². The van der Waals surface area contributed by atoms with E-state index in [1.165, 1.54) is 49.0 Å². The Hall–Kier alpha value is -10.3. The number of carbonyl (C=O) groups excluding carboxylic acids is 10. The van der Waals surface area contributed by atoms with Crippen LogP contribution in [0.4, 0.5) is 0 Å². The van der Waals surface area contributed by atoms with Crippen molar-refractivity contribution in [1.29, 1.82) is 0 Å². The van der Waals surface area contributed by atoms with Crippen molar-refractivity contribution in [2.45, 2.75) is 116 Å². The molecule has 26 nitrogen and oxygen atoms in total. The number of phenols is 3. The van der Waals surface area contributed by atoms with Gasteiger partial charge in [0.2, 0.25) is 0 Å². The molecule has 14 N–H and O–H groups in total. The van der Waals surface area contributed by atoms with E-state index in [1.807, 2.05) is 62.3 Å². The number of nitrogens with one attached hydrogen (secondary N) is 8. The van der Waals surface area contributed by atoms with Crippen LogP contribution in [0, 0.1) is 0 Å². The summed E-state index contributed by atoms with van der Waals surface area (Å²) >= 11 is 5.50. The van der Waals surface area contributed by atoms with Crippen LogP contribution in [0.1, 0.15) is 173 Å². The predicted molar refractivity (Wildman–Crippen MR) is 395 cm³/mol. The Morgan fingerprint density at radius 3 is 0.981 bits per heavy atom. The minimum Gasteiger partial charge on any atom is -0.508 e. The summed E-state index contributed by atoms with van der Waals surface area (Å²) in [6, 6.07) is 27.9. The number of thiophene rings is 5. The van der Waals surface area contributed by atoms with Crippen LogP contribution < -0.4 is 48.3 Å². The van der Waals surface area contributed by atoms with Gasteiger partial charge in [-0.15, -0.1) is 56.7 Å². The Morgan fingerprint density at radius 2 is 0.699 bits per heavy atom. The molecule has 31 heteroatoms. The van der Waals surface area contributed by atoms with E-state index in [-0.39, 0.29) is 84.0 Å². The van der Waals surface area contributed by atoms with E-state index in [0.717, 1.165) is 45.1 Å². The Bertz CT molecular complexity index is 4330. The molecule has 5 heterocycles. The minimum absolute atomic E-state index is 0.0893. The summed E-state index contributed by atoms with van der Waals surface area (Å²) in [7, 11) is 2.42. The molecule has 0 bridgehead atoms. The summed E-state index contributed by atoms with van der Waals surface area (Å²) in [6.45, 7) is 17.2. The fourth-order valence-electron chi connectivity index (χ4n) is 9.44. The van der Waals surface area contributed by atoms with Crippen molar-refractivity contribution >= 4 is 122 Å². The fourth-order valence-corrected chi connectivity index (χ4v) is 14.3. The van der Waals surface area contributed by atoms with Gasteiger partial charge in [0, 0.05) is 39.3 Å². The maximum absolute atomic E-state index is 13.3. The van der Waals surface area contributed by atoms with Crippen molar-refractivity contribution < 1.29 is 82.6 Å². The molecule has 3 atom stereocenters. The van der Waals surface area contributed by atoms with Crippen LogP contribution in [0.3, 0.4) is 0 Å². The van der Waals surface area contributed by atoms with E-state index in [4.69, 9.17) is 10.5 Å². The first kappa shape index (κ1) is 81.7. The zero-order valence-electron chi connectivity index (χ0n) is 58.3. The number of rotatable bonds is 25. The van der Waals surface area contributed by atoms with Gasteiger partial charge in [0.1, 0.15) is 35.4 Å². The highest BCUT2D eigenvalue weighted by molar-refractivity contribution is 7.17. The second-order valence-electron chi connectivity index (χ2n) is 25.9. The topological polar surface area (TPSA) is 409 Å². The number of esters is 2. The summed E-state index contributed by atoms with van der Waals surface area (Å²) in [5, 5.41) is 63.0. The fraction of sp³-hybridized carbons (Fsp3) is 0.319. The van der Waals surface area contributed by atoms with E-state index in [1.54, 1.807) is 114 Å². The zero-order valence-corrected chi connectivity index (χ0v) is 62.4. The number of phenolic OH excluding ortho intramolecular Hbond substituents is 3. The average molecular weight is 1510 g/mol. The first-order valence-corrected chi connectivity index (χ1v) is 36.0. The second kappa shape index (κ2) is 37.0. The van der Waals surface area contributed by atoms with E-state index in [2.05, 4.69) is 47.3 Å². The van der Waals surface area contributed by atoms with Gasteiger partial charge in [-0.2, -0.15) is 0 Å². The largest absolute Gasteiger partial charge is 0.508 e. The van der Waals surface area contributed by atoms with E-state index >= 15 is 0 Å². The lowest BCUT2D eigenvalue weighted by Gasteiger charge is -2.21. The molecule has 3 aromatic carbocycles. The zero-order chi connectivity index (χ0) is 76.1.